The molecule has 2 atom stereocenters. The molecule has 0 saturated carbocycles. The van der Waals surface area contributed by atoms with Crippen LogP contribution >= 0.6 is 11.6 Å². The summed E-state index contributed by atoms with van der Waals surface area (Å²) in [4.78, 5) is 24.5. The maximum atomic E-state index is 12.1. The second-order valence-electron chi connectivity index (χ2n) is 5.03. The summed E-state index contributed by atoms with van der Waals surface area (Å²) in [5, 5.41) is 9.75. The Kier molecular flexibility index (Phi) is 5.07. The van der Waals surface area contributed by atoms with Crippen molar-refractivity contribution in [3.05, 3.63) is 34.9 Å². The van der Waals surface area contributed by atoms with E-state index in [9.17, 15) is 9.59 Å². The van der Waals surface area contributed by atoms with Gasteiger partial charge in [-0.1, -0.05) is 23.7 Å². The number of rotatable bonds is 3. The van der Waals surface area contributed by atoms with Crippen molar-refractivity contribution in [2.24, 2.45) is 5.92 Å². The van der Waals surface area contributed by atoms with Crippen LogP contribution in [0.15, 0.2) is 24.3 Å². The van der Waals surface area contributed by atoms with Crippen molar-refractivity contribution < 1.29 is 19.4 Å². The molecule has 1 aliphatic heterocycles. The van der Waals surface area contributed by atoms with Crippen LogP contribution in [0.4, 0.5) is 4.79 Å². The first-order chi connectivity index (χ1) is 10.0. The van der Waals surface area contributed by atoms with E-state index in [1.807, 2.05) is 12.1 Å². The second kappa shape index (κ2) is 6.80. The third-order valence-electron chi connectivity index (χ3n) is 3.77. The van der Waals surface area contributed by atoms with Crippen LogP contribution in [0.5, 0.6) is 0 Å². The highest BCUT2D eigenvalue weighted by molar-refractivity contribution is 6.30. The Balaban J connectivity index is 2.23. The molecule has 5 nitrogen and oxygen atoms in total. The maximum absolute atomic E-state index is 12.1. The number of likely N-dealkylation sites (tertiary alicyclic amines) is 1. The van der Waals surface area contributed by atoms with Gasteiger partial charge in [-0.15, -0.1) is 0 Å². The maximum Gasteiger partial charge on any atom is 0.407 e. The van der Waals surface area contributed by atoms with Gasteiger partial charge in [0.2, 0.25) is 0 Å². The molecule has 0 radical (unpaired) electrons. The van der Waals surface area contributed by atoms with Gasteiger partial charge < -0.3 is 14.7 Å². The van der Waals surface area contributed by atoms with Gasteiger partial charge >= 0.3 is 12.1 Å². The molecular weight excluding hydrogens is 294 g/mol. The van der Waals surface area contributed by atoms with Gasteiger partial charge in [-0.05, 0) is 31.0 Å². The Morgan fingerprint density at radius 2 is 2.05 bits per heavy atom. The lowest BCUT2D eigenvalue weighted by Crippen LogP contribution is -2.45. The Bertz CT molecular complexity index is 517. The van der Waals surface area contributed by atoms with Gasteiger partial charge in [-0.25, -0.2) is 4.79 Å². The number of carbonyl (C=O) groups is 2. The number of carboxylic acid groups (broad SMARTS) is 1. The van der Waals surface area contributed by atoms with E-state index in [0.717, 1.165) is 5.56 Å². The first-order valence-corrected chi connectivity index (χ1v) is 7.30. The molecule has 114 valence electrons. The lowest BCUT2D eigenvalue weighted by molar-refractivity contribution is -0.150. The first kappa shape index (κ1) is 15.6. The fourth-order valence-corrected chi connectivity index (χ4v) is 2.85. The zero-order valence-corrected chi connectivity index (χ0v) is 12.5. The van der Waals surface area contributed by atoms with Crippen molar-refractivity contribution in [2.75, 3.05) is 19.7 Å². The van der Waals surface area contributed by atoms with Crippen LogP contribution < -0.4 is 0 Å². The van der Waals surface area contributed by atoms with Crippen LogP contribution in [-0.2, 0) is 9.53 Å². The molecule has 2 unspecified atom stereocenters. The number of nitrogens with zero attached hydrogens (tertiary/aromatic N) is 1. The molecule has 2 rings (SSSR count). The number of esters is 1. The van der Waals surface area contributed by atoms with E-state index < -0.39 is 12.0 Å². The van der Waals surface area contributed by atoms with Crippen molar-refractivity contribution in [3.63, 3.8) is 0 Å². The molecule has 0 spiro atoms. The van der Waals surface area contributed by atoms with Gasteiger partial charge in [0.1, 0.15) is 0 Å². The van der Waals surface area contributed by atoms with Gasteiger partial charge in [-0.3, -0.25) is 4.79 Å². The molecule has 0 bridgehead atoms. The summed E-state index contributed by atoms with van der Waals surface area (Å²) in [6.45, 7) is 2.61. The van der Waals surface area contributed by atoms with E-state index in [1.54, 1.807) is 19.1 Å². The minimum absolute atomic E-state index is 0.0445. The normalized spacial score (nSPS) is 21.9. The van der Waals surface area contributed by atoms with E-state index >= 15 is 0 Å². The van der Waals surface area contributed by atoms with Crippen molar-refractivity contribution in [3.8, 4) is 0 Å². The summed E-state index contributed by atoms with van der Waals surface area (Å²) in [5.74, 6) is -0.865. The highest BCUT2D eigenvalue weighted by Gasteiger charge is 2.37. The number of piperidine rings is 1. The van der Waals surface area contributed by atoms with Crippen LogP contribution in [0.3, 0.4) is 0 Å². The third-order valence-corrected chi connectivity index (χ3v) is 4.02. The van der Waals surface area contributed by atoms with Gasteiger partial charge in [0.25, 0.3) is 0 Å². The molecule has 1 aromatic carbocycles. The number of hydrogen-bond acceptors (Lipinski definition) is 3. The zero-order valence-electron chi connectivity index (χ0n) is 11.8. The van der Waals surface area contributed by atoms with Crippen LogP contribution in [-0.4, -0.2) is 41.8 Å². The quantitative estimate of drug-likeness (QED) is 0.871. The fraction of sp³-hybridized carbons (Fsp3) is 0.467. The lowest BCUT2D eigenvalue weighted by Gasteiger charge is -2.36. The first-order valence-electron chi connectivity index (χ1n) is 6.93. The highest BCUT2D eigenvalue weighted by atomic mass is 35.5. The lowest BCUT2D eigenvalue weighted by atomic mass is 9.80. The second-order valence-corrected chi connectivity index (χ2v) is 5.47. The van der Waals surface area contributed by atoms with Crippen LogP contribution in [0.1, 0.15) is 24.8 Å². The summed E-state index contributed by atoms with van der Waals surface area (Å²) in [5.41, 5.74) is 0.988. The topological polar surface area (TPSA) is 66.8 Å². The smallest absolute Gasteiger partial charge is 0.407 e. The predicted molar refractivity (Wildman–Crippen MR) is 78.5 cm³/mol. The van der Waals surface area contributed by atoms with E-state index in [4.69, 9.17) is 21.4 Å². The van der Waals surface area contributed by atoms with Crippen molar-refractivity contribution in [2.45, 2.75) is 19.3 Å². The van der Waals surface area contributed by atoms with E-state index in [-0.39, 0.29) is 25.0 Å². The van der Waals surface area contributed by atoms with E-state index in [1.165, 1.54) is 4.90 Å². The average molecular weight is 312 g/mol. The third kappa shape index (κ3) is 3.67. The number of carbonyl (C=O) groups excluding carboxylic acids is 1. The van der Waals surface area contributed by atoms with Crippen LogP contribution in [0.2, 0.25) is 5.02 Å². The van der Waals surface area contributed by atoms with Gasteiger partial charge in [0.15, 0.2) is 0 Å². The Morgan fingerprint density at radius 3 is 2.62 bits per heavy atom. The summed E-state index contributed by atoms with van der Waals surface area (Å²) in [6, 6.07) is 7.33. The van der Waals surface area contributed by atoms with Crippen molar-refractivity contribution >= 4 is 23.7 Å². The Hall–Kier alpha value is -1.75. The molecule has 6 heteroatoms. The summed E-state index contributed by atoms with van der Waals surface area (Å²) >= 11 is 5.89. The molecular formula is C15H18ClNO4. The van der Waals surface area contributed by atoms with Gasteiger partial charge in [-0.2, -0.15) is 0 Å². The summed E-state index contributed by atoms with van der Waals surface area (Å²) in [6.07, 6.45) is -0.406. The molecule has 1 aromatic rings. The number of hydrogen-bond donors (Lipinski definition) is 1. The SMILES string of the molecule is CCOC(=O)C1CN(C(=O)O)CCC1c1ccc(Cl)cc1. The van der Waals surface area contributed by atoms with Crippen molar-refractivity contribution in [1.82, 2.24) is 4.90 Å². The van der Waals surface area contributed by atoms with Crippen LogP contribution in [0.25, 0.3) is 0 Å². The molecule has 1 aliphatic rings. The zero-order chi connectivity index (χ0) is 15.4. The Labute approximate surface area is 128 Å². The molecule has 1 saturated heterocycles. The average Bonchev–Trinajstić information content (AvgIpc) is 2.47. The Morgan fingerprint density at radius 1 is 1.38 bits per heavy atom. The van der Waals surface area contributed by atoms with E-state index in [2.05, 4.69) is 0 Å². The number of amides is 1. The fourth-order valence-electron chi connectivity index (χ4n) is 2.72. The highest BCUT2D eigenvalue weighted by Crippen LogP contribution is 2.34. The van der Waals surface area contributed by atoms with E-state index in [0.29, 0.717) is 18.0 Å². The summed E-state index contributed by atoms with van der Waals surface area (Å²) in [7, 11) is 0. The number of ether oxygens (including phenoxy) is 1. The largest absolute Gasteiger partial charge is 0.466 e. The minimum atomic E-state index is -1.00. The molecule has 1 heterocycles. The summed E-state index contributed by atoms with van der Waals surface area (Å²) < 4.78 is 5.10. The van der Waals surface area contributed by atoms with Gasteiger partial charge in [0, 0.05) is 24.0 Å². The monoisotopic (exact) mass is 311 g/mol. The molecule has 1 N–H and O–H groups in total. The van der Waals surface area contributed by atoms with Crippen molar-refractivity contribution in [1.29, 1.82) is 0 Å². The van der Waals surface area contributed by atoms with Crippen LogP contribution in [0, 0.1) is 5.92 Å². The molecule has 1 fully saturated rings. The predicted octanol–water partition coefficient (Wildman–Crippen LogP) is 2.99. The molecule has 0 aromatic heterocycles. The standard InChI is InChI=1S/C15H18ClNO4/c1-2-21-14(18)13-9-17(15(19)20)8-7-12(13)10-3-5-11(16)6-4-10/h3-6,12-13H,2,7-9H2,1H3,(H,19,20). The molecule has 0 aliphatic carbocycles. The number of halogens is 1. The molecule has 21 heavy (non-hydrogen) atoms. The minimum Gasteiger partial charge on any atom is -0.466 e. The molecule has 1 amide bonds. The van der Waals surface area contributed by atoms with Gasteiger partial charge in [0.05, 0.1) is 12.5 Å². The number of benzene rings is 1.